The topological polar surface area (TPSA) is 36.7 Å². The molecule has 2 aromatic rings. The summed E-state index contributed by atoms with van der Waals surface area (Å²) in [5.41, 5.74) is 1.35. The van der Waals surface area contributed by atoms with E-state index in [1.807, 2.05) is 12.1 Å². The Morgan fingerprint density at radius 2 is 1.87 bits per heavy atom. The quantitative estimate of drug-likeness (QED) is 0.759. The number of nitriles is 1. The lowest BCUT2D eigenvalue weighted by Crippen LogP contribution is -1.89. The average molecular weight is 237 g/mol. The molecule has 0 aliphatic carbocycles. The maximum Gasteiger partial charge on any atom is 0.0906 e. The number of rotatable bonds is 1. The van der Waals surface area contributed by atoms with Crippen LogP contribution in [0.15, 0.2) is 24.3 Å². The zero-order valence-corrected chi connectivity index (χ0v) is 9.18. The van der Waals surface area contributed by atoms with E-state index in [4.69, 9.17) is 28.5 Å². The van der Waals surface area contributed by atoms with E-state index < -0.39 is 0 Å². The molecule has 2 rings (SSSR count). The second-order valence-electron chi connectivity index (χ2n) is 3.06. The van der Waals surface area contributed by atoms with Gasteiger partial charge in [-0.05, 0) is 24.3 Å². The molecule has 15 heavy (non-hydrogen) atoms. The Morgan fingerprint density at radius 1 is 1.13 bits per heavy atom. The van der Waals surface area contributed by atoms with Crippen LogP contribution in [0.2, 0.25) is 10.0 Å². The second kappa shape index (κ2) is 4.06. The Balaban J connectivity index is 2.71. The fourth-order valence-corrected chi connectivity index (χ4v) is 1.79. The van der Waals surface area contributed by atoms with Crippen LogP contribution in [0.3, 0.4) is 0 Å². The molecule has 0 bridgehead atoms. The fourth-order valence-electron chi connectivity index (χ4n) is 1.37. The highest BCUT2D eigenvalue weighted by molar-refractivity contribution is 6.39. The van der Waals surface area contributed by atoms with Crippen molar-refractivity contribution in [2.75, 3.05) is 0 Å². The van der Waals surface area contributed by atoms with Crippen LogP contribution in [-0.2, 0) is 6.42 Å². The number of hydrogen-bond donors (Lipinski definition) is 0. The highest BCUT2D eigenvalue weighted by atomic mass is 35.5. The van der Waals surface area contributed by atoms with Crippen molar-refractivity contribution < 1.29 is 0 Å². The van der Waals surface area contributed by atoms with E-state index >= 15 is 0 Å². The number of halogens is 2. The monoisotopic (exact) mass is 236 g/mol. The first kappa shape index (κ1) is 10.2. The minimum atomic E-state index is 0.277. The predicted molar refractivity (Wildman–Crippen MR) is 61.1 cm³/mol. The summed E-state index contributed by atoms with van der Waals surface area (Å²) in [6, 6.07) is 9.10. The summed E-state index contributed by atoms with van der Waals surface area (Å²) in [6.45, 7) is 0. The lowest BCUT2D eigenvalue weighted by Gasteiger charge is -2.03. The van der Waals surface area contributed by atoms with Crippen LogP contribution in [-0.4, -0.2) is 4.98 Å². The first-order valence-corrected chi connectivity index (χ1v) is 5.08. The van der Waals surface area contributed by atoms with Crippen molar-refractivity contribution in [2.45, 2.75) is 6.42 Å². The van der Waals surface area contributed by atoms with Gasteiger partial charge in [0.15, 0.2) is 0 Å². The zero-order valence-electron chi connectivity index (χ0n) is 7.67. The highest BCUT2D eigenvalue weighted by Crippen LogP contribution is 2.28. The lowest BCUT2D eigenvalue weighted by atomic mass is 10.2. The summed E-state index contributed by atoms with van der Waals surface area (Å²) in [4.78, 5) is 4.29. The molecule has 1 aromatic carbocycles. The number of aromatic nitrogens is 1. The largest absolute Gasteiger partial charge is 0.250 e. The molecule has 0 N–H and O–H groups in total. The second-order valence-corrected chi connectivity index (χ2v) is 3.88. The summed E-state index contributed by atoms with van der Waals surface area (Å²) in [7, 11) is 0. The van der Waals surface area contributed by atoms with E-state index in [1.165, 1.54) is 0 Å². The third-order valence-electron chi connectivity index (χ3n) is 2.07. The van der Waals surface area contributed by atoms with Gasteiger partial charge in [0, 0.05) is 5.39 Å². The Bertz CT molecular complexity index is 558. The van der Waals surface area contributed by atoms with Crippen molar-refractivity contribution in [2.24, 2.45) is 0 Å². The molecule has 0 spiro atoms. The molecule has 0 radical (unpaired) electrons. The van der Waals surface area contributed by atoms with E-state index in [0.29, 0.717) is 21.3 Å². The molecule has 0 saturated carbocycles. The van der Waals surface area contributed by atoms with Crippen molar-refractivity contribution in [1.29, 1.82) is 5.26 Å². The summed E-state index contributed by atoms with van der Waals surface area (Å²) in [6.07, 6.45) is 0.277. The molecule has 0 fully saturated rings. The molecule has 0 amide bonds. The predicted octanol–water partition coefficient (Wildman–Crippen LogP) is 3.61. The number of benzene rings is 1. The molecule has 4 heteroatoms. The van der Waals surface area contributed by atoms with Gasteiger partial charge in [-0.2, -0.15) is 5.26 Å². The fraction of sp³-hybridized carbons (Fsp3) is 0.0909. The van der Waals surface area contributed by atoms with E-state index in [2.05, 4.69) is 4.98 Å². The third-order valence-corrected chi connectivity index (χ3v) is 2.71. The van der Waals surface area contributed by atoms with Gasteiger partial charge in [-0.1, -0.05) is 23.2 Å². The first-order chi connectivity index (χ1) is 7.22. The van der Waals surface area contributed by atoms with Crippen LogP contribution in [0.1, 0.15) is 5.69 Å². The zero-order chi connectivity index (χ0) is 10.8. The van der Waals surface area contributed by atoms with Gasteiger partial charge in [0.2, 0.25) is 0 Å². The molecular weight excluding hydrogens is 231 g/mol. The highest BCUT2D eigenvalue weighted by Gasteiger charge is 2.05. The van der Waals surface area contributed by atoms with E-state index in [0.717, 1.165) is 5.39 Å². The first-order valence-electron chi connectivity index (χ1n) is 4.33. The van der Waals surface area contributed by atoms with Gasteiger partial charge in [-0.15, -0.1) is 0 Å². The van der Waals surface area contributed by atoms with Crippen LogP contribution >= 0.6 is 23.2 Å². The molecule has 0 aliphatic rings. The lowest BCUT2D eigenvalue weighted by molar-refractivity contribution is 1.15. The third kappa shape index (κ3) is 1.90. The molecule has 1 heterocycles. The smallest absolute Gasteiger partial charge is 0.0906 e. The molecule has 0 atom stereocenters. The molecule has 74 valence electrons. The van der Waals surface area contributed by atoms with Crippen LogP contribution in [0.25, 0.3) is 10.9 Å². The van der Waals surface area contributed by atoms with Crippen molar-refractivity contribution in [1.82, 2.24) is 4.98 Å². The van der Waals surface area contributed by atoms with E-state index in [-0.39, 0.29) is 6.42 Å². The average Bonchev–Trinajstić information content (AvgIpc) is 2.24. The summed E-state index contributed by atoms with van der Waals surface area (Å²) >= 11 is 12.0. The van der Waals surface area contributed by atoms with Crippen LogP contribution < -0.4 is 0 Å². The van der Waals surface area contributed by atoms with Crippen LogP contribution in [0, 0.1) is 11.3 Å². The molecule has 2 nitrogen and oxygen atoms in total. The van der Waals surface area contributed by atoms with Gasteiger partial charge >= 0.3 is 0 Å². The molecule has 0 aliphatic heterocycles. The van der Waals surface area contributed by atoms with E-state index in [9.17, 15) is 0 Å². The van der Waals surface area contributed by atoms with Crippen LogP contribution in [0.4, 0.5) is 0 Å². The Labute approximate surface area is 97.1 Å². The van der Waals surface area contributed by atoms with Crippen molar-refractivity contribution in [3.8, 4) is 6.07 Å². The number of pyridine rings is 1. The van der Waals surface area contributed by atoms with Gasteiger partial charge < -0.3 is 0 Å². The maximum atomic E-state index is 8.57. The Kier molecular flexibility index (Phi) is 2.77. The minimum absolute atomic E-state index is 0.277. The maximum absolute atomic E-state index is 8.57. The molecule has 1 aromatic heterocycles. The minimum Gasteiger partial charge on any atom is -0.250 e. The Morgan fingerprint density at radius 3 is 2.60 bits per heavy atom. The van der Waals surface area contributed by atoms with Gasteiger partial charge in [-0.25, -0.2) is 0 Å². The van der Waals surface area contributed by atoms with Crippen LogP contribution in [0.5, 0.6) is 0 Å². The number of nitrogens with zero attached hydrogens (tertiary/aromatic N) is 2. The van der Waals surface area contributed by atoms with Crippen molar-refractivity contribution in [3.63, 3.8) is 0 Å². The molecular formula is C11H6Cl2N2. The van der Waals surface area contributed by atoms with Gasteiger partial charge in [0.25, 0.3) is 0 Å². The normalized spacial score (nSPS) is 10.2. The van der Waals surface area contributed by atoms with Gasteiger partial charge in [0.05, 0.1) is 33.7 Å². The standard InChI is InChI=1S/C11H6Cl2N2/c12-9-3-4-10(13)11-8(9)2-1-7(15-11)5-6-14/h1-4H,5H2. The Hall–Kier alpha value is -1.30. The SMILES string of the molecule is N#CCc1ccc2c(Cl)ccc(Cl)c2n1. The summed E-state index contributed by atoms with van der Waals surface area (Å²) < 4.78 is 0. The van der Waals surface area contributed by atoms with Gasteiger partial charge in [0.1, 0.15) is 0 Å². The van der Waals surface area contributed by atoms with Crippen molar-refractivity contribution >= 4 is 34.1 Å². The van der Waals surface area contributed by atoms with Crippen molar-refractivity contribution in [3.05, 3.63) is 40.0 Å². The molecule has 0 unspecified atom stereocenters. The number of hydrogen-bond acceptors (Lipinski definition) is 2. The summed E-state index contributed by atoms with van der Waals surface area (Å²) in [5.74, 6) is 0. The molecule has 0 saturated heterocycles. The summed E-state index contributed by atoms with van der Waals surface area (Å²) in [5, 5.41) is 10.5. The van der Waals surface area contributed by atoms with E-state index in [1.54, 1.807) is 18.2 Å². The number of fused-ring (bicyclic) bond motifs is 1. The van der Waals surface area contributed by atoms with Gasteiger partial charge in [-0.3, -0.25) is 4.98 Å².